The fourth-order valence-corrected chi connectivity index (χ4v) is 4.58. The molecule has 0 aliphatic carbocycles. The molecule has 0 aromatic carbocycles. The van der Waals surface area contributed by atoms with Crippen LogP contribution in [0.25, 0.3) is 0 Å². The first kappa shape index (κ1) is 18.5. The Kier molecular flexibility index (Phi) is 4.56. The first-order valence-corrected chi connectivity index (χ1v) is 9.57. The van der Waals surface area contributed by atoms with Gasteiger partial charge in [0.1, 0.15) is 11.9 Å². The summed E-state index contributed by atoms with van der Waals surface area (Å²) in [6.07, 6.45) is 2.53. The van der Waals surface area contributed by atoms with Crippen LogP contribution in [0, 0.1) is 12.8 Å². The summed E-state index contributed by atoms with van der Waals surface area (Å²) in [7, 11) is 1.73. The molecule has 0 radical (unpaired) electrons. The fourth-order valence-electron chi connectivity index (χ4n) is 4.58. The first-order chi connectivity index (χ1) is 13.3. The lowest BCUT2D eigenvalue weighted by molar-refractivity contribution is -0.141. The number of nitrogens with zero attached hydrogens (tertiary/aromatic N) is 4. The lowest BCUT2D eigenvalue weighted by Crippen LogP contribution is -2.54. The van der Waals surface area contributed by atoms with Gasteiger partial charge in [0.2, 0.25) is 11.8 Å². The Morgan fingerprint density at radius 1 is 1.32 bits per heavy atom. The lowest BCUT2D eigenvalue weighted by Gasteiger charge is -2.46. The molecule has 2 aliphatic heterocycles. The van der Waals surface area contributed by atoms with Crippen LogP contribution in [-0.4, -0.2) is 56.3 Å². The van der Waals surface area contributed by atoms with Crippen molar-refractivity contribution in [2.45, 2.75) is 38.8 Å². The van der Waals surface area contributed by atoms with Crippen LogP contribution in [0.3, 0.4) is 0 Å². The molecule has 2 aliphatic rings. The van der Waals surface area contributed by atoms with Crippen molar-refractivity contribution < 1.29 is 9.59 Å². The Labute approximate surface area is 163 Å². The second-order valence-electron chi connectivity index (χ2n) is 7.93. The average Bonchev–Trinajstić information content (AvgIpc) is 3.06. The predicted octanol–water partition coefficient (Wildman–Crippen LogP) is 1.05. The number of hydrogen-bond acceptors (Lipinski definition) is 4. The van der Waals surface area contributed by atoms with E-state index in [1.165, 1.54) is 6.07 Å². The number of likely N-dealkylation sites (tertiary alicyclic amines) is 1. The van der Waals surface area contributed by atoms with Gasteiger partial charge in [-0.2, -0.15) is 0 Å². The van der Waals surface area contributed by atoms with Gasteiger partial charge in [-0.05, 0) is 19.4 Å². The normalized spacial score (nSPS) is 23.2. The Balaban J connectivity index is 1.70. The summed E-state index contributed by atoms with van der Waals surface area (Å²) in [5.41, 5.74) is 1.61. The molecule has 1 fully saturated rings. The molecule has 8 nitrogen and oxygen atoms in total. The number of carbonyl (C=O) groups is 2. The van der Waals surface area contributed by atoms with Crippen molar-refractivity contribution in [3.8, 4) is 0 Å². The molecule has 1 saturated heterocycles. The first-order valence-electron chi connectivity index (χ1n) is 9.57. The number of carbonyl (C=O) groups excluding carboxylic acids is 2. The van der Waals surface area contributed by atoms with Crippen molar-refractivity contribution >= 4 is 11.8 Å². The van der Waals surface area contributed by atoms with Crippen LogP contribution in [0.4, 0.5) is 0 Å². The third-order valence-corrected chi connectivity index (χ3v) is 5.86. The number of nitrogens with one attached hydrogen (secondary N) is 1. The zero-order chi connectivity index (χ0) is 20.0. The maximum absolute atomic E-state index is 13.4. The van der Waals surface area contributed by atoms with E-state index >= 15 is 0 Å². The van der Waals surface area contributed by atoms with Gasteiger partial charge in [0.25, 0.3) is 5.56 Å². The van der Waals surface area contributed by atoms with Crippen molar-refractivity contribution in [1.82, 2.24) is 24.3 Å². The number of H-pyrrole nitrogens is 1. The van der Waals surface area contributed by atoms with Crippen molar-refractivity contribution in [3.05, 3.63) is 52.0 Å². The van der Waals surface area contributed by atoms with Crippen LogP contribution in [0.15, 0.2) is 29.2 Å². The SMILES string of the molecule is CC(=O)N1C[C@H]2C[C@@H](C1)[C@H](C(=O)N(C)Cc1ncc(C)[nH]1)n1c2cccc1=O. The number of fused-ring (bicyclic) bond motifs is 4. The van der Waals surface area contributed by atoms with Gasteiger partial charge >= 0.3 is 0 Å². The predicted molar refractivity (Wildman–Crippen MR) is 103 cm³/mol. The third kappa shape index (κ3) is 3.12. The number of rotatable bonds is 3. The van der Waals surface area contributed by atoms with Crippen LogP contribution in [-0.2, 0) is 16.1 Å². The number of aryl methyl sites for hydroxylation is 1. The topological polar surface area (TPSA) is 91.3 Å². The van der Waals surface area contributed by atoms with Gasteiger partial charge in [-0.15, -0.1) is 0 Å². The Morgan fingerprint density at radius 2 is 2.11 bits per heavy atom. The third-order valence-electron chi connectivity index (χ3n) is 5.86. The maximum atomic E-state index is 13.4. The number of aromatic amines is 1. The van der Waals surface area contributed by atoms with E-state index in [-0.39, 0.29) is 29.2 Å². The van der Waals surface area contributed by atoms with Crippen molar-refractivity contribution in [1.29, 1.82) is 0 Å². The van der Waals surface area contributed by atoms with Gasteiger partial charge in [-0.1, -0.05) is 6.07 Å². The number of hydrogen-bond donors (Lipinski definition) is 1. The van der Waals surface area contributed by atoms with Gasteiger partial charge in [-0.3, -0.25) is 19.0 Å². The highest BCUT2D eigenvalue weighted by molar-refractivity contribution is 5.81. The second-order valence-corrected chi connectivity index (χ2v) is 7.93. The van der Waals surface area contributed by atoms with E-state index in [1.54, 1.807) is 40.6 Å². The molecule has 4 heterocycles. The van der Waals surface area contributed by atoms with E-state index in [0.717, 1.165) is 17.8 Å². The summed E-state index contributed by atoms with van der Waals surface area (Å²) in [5, 5.41) is 0. The van der Waals surface area contributed by atoms with Gasteiger partial charge in [0, 0.05) is 62.5 Å². The van der Waals surface area contributed by atoms with Gasteiger partial charge in [0.15, 0.2) is 0 Å². The van der Waals surface area contributed by atoms with E-state index in [4.69, 9.17) is 0 Å². The standard InChI is InChI=1S/C20H25N5O3/c1-12-8-21-17(22-12)11-23(3)20(28)19-15-7-14(9-24(10-15)13(2)26)16-5-4-6-18(27)25(16)19/h4-6,8,14-15,19H,7,9-11H2,1-3H3,(H,21,22)/t14-,15+,19-/m1/s1. The average molecular weight is 383 g/mol. The molecule has 0 unspecified atom stereocenters. The number of amides is 2. The Hall–Kier alpha value is -2.90. The van der Waals surface area contributed by atoms with Crippen LogP contribution in [0.2, 0.25) is 0 Å². The number of pyridine rings is 1. The molecule has 2 aromatic heterocycles. The van der Waals surface area contributed by atoms with Crippen molar-refractivity contribution in [2.24, 2.45) is 5.92 Å². The molecule has 8 heteroatoms. The smallest absolute Gasteiger partial charge is 0.251 e. The summed E-state index contributed by atoms with van der Waals surface area (Å²) in [6.45, 7) is 4.90. The summed E-state index contributed by atoms with van der Waals surface area (Å²) < 4.78 is 1.66. The lowest BCUT2D eigenvalue weighted by atomic mass is 9.78. The van der Waals surface area contributed by atoms with Crippen LogP contribution in [0.5, 0.6) is 0 Å². The molecular formula is C20H25N5O3. The minimum atomic E-state index is -0.608. The van der Waals surface area contributed by atoms with E-state index in [0.29, 0.717) is 25.5 Å². The monoisotopic (exact) mass is 383 g/mol. The Bertz CT molecular complexity index is 978. The molecule has 0 spiro atoms. The zero-order valence-corrected chi connectivity index (χ0v) is 16.4. The molecule has 4 rings (SSSR count). The molecule has 2 bridgehead atoms. The van der Waals surface area contributed by atoms with Gasteiger partial charge in [-0.25, -0.2) is 4.98 Å². The molecule has 3 atom stereocenters. The molecule has 1 N–H and O–H groups in total. The quantitative estimate of drug-likeness (QED) is 0.858. The highest BCUT2D eigenvalue weighted by Crippen LogP contribution is 2.41. The summed E-state index contributed by atoms with van der Waals surface area (Å²) >= 11 is 0. The van der Waals surface area contributed by atoms with Gasteiger partial charge in [0.05, 0.1) is 6.54 Å². The highest BCUT2D eigenvalue weighted by Gasteiger charge is 2.45. The maximum Gasteiger partial charge on any atom is 0.251 e. The van der Waals surface area contributed by atoms with Crippen LogP contribution in [0.1, 0.15) is 42.5 Å². The van der Waals surface area contributed by atoms with E-state index in [1.807, 2.05) is 13.0 Å². The summed E-state index contributed by atoms with van der Waals surface area (Å²) in [5.74, 6) is 0.586. The number of likely N-dealkylation sites (N-methyl/N-ethyl adjacent to an activating group) is 1. The molecule has 28 heavy (non-hydrogen) atoms. The van der Waals surface area contributed by atoms with E-state index < -0.39 is 6.04 Å². The number of imidazole rings is 1. The van der Waals surface area contributed by atoms with E-state index in [9.17, 15) is 14.4 Å². The Morgan fingerprint density at radius 3 is 2.79 bits per heavy atom. The van der Waals surface area contributed by atoms with Crippen molar-refractivity contribution in [3.63, 3.8) is 0 Å². The minimum Gasteiger partial charge on any atom is -0.345 e. The molecule has 0 saturated carbocycles. The molecule has 2 aromatic rings. The largest absolute Gasteiger partial charge is 0.345 e. The van der Waals surface area contributed by atoms with E-state index in [2.05, 4.69) is 9.97 Å². The number of piperidine rings is 1. The van der Waals surface area contributed by atoms with Gasteiger partial charge < -0.3 is 14.8 Å². The fraction of sp³-hybridized carbons (Fsp3) is 0.500. The highest BCUT2D eigenvalue weighted by atomic mass is 16.2. The summed E-state index contributed by atoms with van der Waals surface area (Å²) in [4.78, 5) is 49.0. The zero-order valence-electron chi connectivity index (χ0n) is 16.4. The number of aromatic nitrogens is 3. The molecular weight excluding hydrogens is 358 g/mol. The van der Waals surface area contributed by atoms with Crippen molar-refractivity contribution in [2.75, 3.05) is 20.1 Å². The van der Waals surface area contributed by atoms with Crippen LogP contribution < -0.4 is 5.56 Å². The molecule has 148 valence electrons. The minimum absolute atomic E-state index is 0.00652. The second kappa shape index (κ2) is 6.92. The van der Waals surface area contributed by atoms with Crippen LogP contribution >= 0.6 is 0 Å². The summed E-state index contributed by atoms with van der Waals surface area (Å²) in [6, 6.07) is 4.53. The molecule has 2 amide bonds.